The minimum Gasteiger partial charge on any atom is -0.466 e. The zero-order chi connectivity index (χ0) is 24.3. The Bertz CT molecular complexity index is 755. The van der Waals surface area contributed by atoms with Crippen LogP contribution in [0.1, 0.15) is 59.8 Å². The maximum absolute atomic E-state index is 14.0. The third-order valence-corrected chi connectivity index (χ3v) is 7.32. The number of hydrogen-bond donors (Lipinski definition) is 1. The van der Waals surface area contributed by atoms with Gasteiger partial charge in [-0.15, -0.1) is 6.58 Å². The van der Waals surface area contributed by atoms with Crippen LogP contribution >= 0.6 is 0 Å². The van der Waals surface area contributed by atoms with Gasteiger partial charge in [0.15, 0.2) is 0 Å². The topological polar surface area (TPSA) is 96.4 Å². The molecule has 186 valence electrons. The van der Waals surface area contributed by atoms with E-state index >= 15 is 0 Å². The second-order valence-electron chi connectivity index (χ2n) is 9.95. The van der Waals surface area contributed by atoms with Gasteiger partial charge < -0.3 is 24.4 Å². The van der Waals surface area contributed by atoms with Crippen LogP contribution < -0.4 is 0 Å². The zero-order valence-corrected chi connectivity index (χ0v) is 20.5. The van der Waals surface area contributed by atoms with Crippen LogP contribution in [0.2, 0.25) is 0 Å². The number of amides is 2. The Morgan fingerprint density at radius 3 is 2.70 bits per heavy atom. The highest BCUT2D eigenvalue weighted by atomic mass is 16.6. The first-order valence-electron chi connectivity index (χ1n) is 12.4. The third kappa shape index (κ3) is 4.44. The summed E-state index contributed by atoms with van der Waals surface area (Å²) >= 11 is 0. The van der Waals surface area contributed by atoms with E-state index in [9.17, 15) is 19.5 Å². The summed E-state index contributed by atoms with van der Waals surface area (Å²) in [5, 5.41) is 10.3. The molecule has 2 unspecified atom stereocenters. The number of ether oxygens (including phenoxy) is 2. The first-order valence-corrected chi connectivity index (χ1v) is 12.4. The van der Waals surface area contributed by atoms with Gasteiger partial charge in [0.25, 0.3) is 0 Å². The maximum Gasteiger partial charge on any atom is 0.312 e. The van der Waals surface area contributed by atoms with Crippen LogP contribution in [-0.4, -0.2) is 82.8 Å². The van der Waals surface area contributed by atoms with E-state index in [-0.39, 0.29) is 30.9 Å². The van der Waals surface area contributed by atoms with Crippen molar-refractivity contribution in [1.29, 1.82) is 0 Å². The van der Waals surface area contributed by atoms with Gasteiger partial charge >= 0.3 is 5.97 Å². The third-order valence-electron chi connectivity index (χ3n) is 7.32. The van der Waals surface area contributed by atoms with E-state index in [2.05, 4.69) is 13.5 Å². The number of aliphatic hydroxyl groups excluding tert-OH is 1. The lowest BCUT2D eigenvalue weighted by Crippen LogP contribution is -2.59. The first-order chi connectivity index (χ1) is 15.8. The number of hydrogen-bond acceptors (Lipinski definition) is 6. The summed E-state index contributed by atoms with van der Waals surface area (Å²) in [5.74, 6) is -2.16. The monoisotopic (exact) mass is 464 g/mol. The molecule has 3 rings (SSSR count). The van der Waals surface area contributed by atoms with E-state index in [1.807, 2.05) is 13.8 Å². The molecule has 0 aromatic carbocycles. The van der Waals surface area contributed by atoms with Crippen LogP contribution in [0.5, 0.6) is 0 Å². The summed E-state index contributed by atoms with van der Waals surface area (Å²) in [6, 6.07) is -1.39. The minimum absolute atomic E-state index is 0.188. The summed E-state index contributed by atoms with van der Waals surface area (Å²) in [4.78, 5) is 44.1. The Morgan fingerprint density at radius 1 is 1.39 bits per heavy atom. The van der Waals surface area contributed by atoms with Crippen molar-refractivity contribution in [3.63, 3.8) is 0 Å². The van der Waals surface area contributed by atoms with Gasteiger partial charge in [-0.05, 0) is 38.5 Å². The number of carbonyl (C=O) groups is 3. The van der Waals surface area contributed by atoms with Crippen molar-refractivity contribution in [2.24, 2.45) is 17.8 Å². The standard InChI is InChI=1S/C25H40N2O6/c1-6-9-13-26(12-7-2)23(30)21-25-11-10-18(33-25)19(24(31)32-8-3)20(25)22(29)27(21)17(15-28)14-16(4)5/h7,16-21,28H,2,6,8-15H2,1,3-5H3/t17-,18+,19-,20+,21?,25?/m1/s1. The molecule has 1 N–H and O–H groups in total. The highest BCUT2D eigenvalue weighted by Crippen LogP contribution is 2.59. The fraction of sp³-hybridized carbons (Fsp3) is 0.800. The zero-order valence-electron chi connectivity index (χ0n) is 20.5. The SMILES string of the molecule is C=CCN(CCCC)C(=O)C1N([C@@H](CO)CC(C)C)C(=O)[C@@H]2[C@H](C(=O)OCC)[C@@H]3CCC12O3. The lowest BCUT2D eigenvalue weighted by molar-refractivity contribution is -0.156. The van der Waals surface area contributed by atoms with E-state index in [0.29, 0.717) is 32.4 Å². The number of unbranched alkanes of at least 4 members (excludes halogenated alkanes) is 1. The van der Waals surface area contributed by atoms with E-state index in [4.69, 9.17) is 9.47 Å². The number of carbonyl (C=O) groups excluding carboxylic acids is 3. The van der Waals surface area contributed by atoms with Crippen molar-refractivity contribution in [3.8, 4) is 0 Å². The van der Waals surface area contributed by atoms with Gasteiger partial charge in [0.05, 0.1) is 37.2 Å². The molecule has 0 radical (unpaired) electrons. The quantitative estimate of drug-likeness (QED) is 0.351. The second kappa shape index (κ2) is 10.6. The van der Waals surface area contributed by atoms with Crippen LogP contribution in [0, 0.1) is 17.8 Å². The van der Waals surface area contributed by atoms with Gasteiger partial charge in [-0.25, -0.2) is 0 Å². The van der Waals surface area contributed by atoms with Gasteiger partial charge in [0, 0.05) is 13.1 Å². The molecule has 3 aliphatic rings. The normalized spacial score (nSPS) is 31.1. The van der Waals surface area contributed by atoms with Gasteiger partial charge in [0.1, 0.15) is 11.6 Å². The molecule has 0 saturated carbocycles. The molecule has 33 heavy (non-hydrogen) atoms. The van der Waals surface area contributed by atoms with Crippen LogP contribution in [0.25, 0.3) is 0 Å². The first kappa shape index (κ1) is 25.7. The van der Waals surface area contributed by atoms with Crippen LogP contribution in [-0.2, 0) is 23.9 Å². The van der Waals surface area contributed by atoms with Crippen molar-refractivity contribution in [2.75, 3.05) is 26.3 Å². The molecule has 2 bridgehead atoms. The summed E-state index contributed by atoms with van der Waals surface area (Å²) in [6.45, 7) is 12.5. The summed E-state index contributed by atoms with van der Waals surface area (Å²) in [5.41, 5.74) is -1.06. The van der Waals surface area contributed by atoms with Crippen LogP contribution in [0.3, 0.4) is 0 Å². The Labute approximate surface area is 197 Å². The molecule has 8 nitrogen and oxygen atoms in total. The summed E-state index contributed by atoms with van der Waals surface area (Å²) in [7, 11) is 0. The largest absolute Gasteiger partial charge is 0.466 e. The molecule has 3 saturated heterocycles. The smallest absolute Gasteiger partial charge is 0.312 e. The number of esters is 1. The van der Waals surface area contributed by atoms with Gasteiger partial charge in [-0.1, -0.05) is 33.3 Å². The highest BCUT2D eigenvalue weighted by Gasteiger charge is 2.75. The van der Waals surface area contributed by atoms with Crippen molar-refractivity contribution < 1.29 is 29.0 Å². The minimum atomic E-state index is -1.06. The molecule has 0 aromatic heterocycles. The van der Waals surface area contributed by atoms with Crippen molar-refractivity contribution in [1.82, 2.24) is 9.80 Å². The summed E-state index contributed by atoms with van der Waals surface area (Å²) in [6.07, 6.45) is 4.73. The lowest BCUT2D eigenvalue weighted by Gasteiger charge is -2.39. The van der Waals surface area contributed by atoms with Gasteiger partial charge in [0.2, 0.25) is 11.8 Å². The van der Waals surface area contributed by atoms with Gasteiger partial charge in [-0.3, -0.25) is 14.4 Å². The van der Waals surface area contributed by atoms with E-state index in [1.54, 1.807) is 22.8 Å². The molecule has 0 aromatic rings. The fourth-order valence-corrected chi connectivity index (χ4v) is 6.06. The Morgan fingerprint density at radius 2 is 2.12 bits per heavy atom. The second-order valence-corrected chi connectivity index (χ2v) is 9.95. The molecule has 1 spiro atoms. The maximum atomic E-state index is 14.0. The number of nitrogens with zero attached hydrogens (tertiary/aromatic N) is 2. The van der Waals surface area contributed by atoms with Gasteiger partial charge in [-0.2, -0.15) is 0 Å². The van der Waals surface area contributed by atoms with Crippen LogP contribution in [0.4, 0.5) is 0 Å². The molecule has 0 aliphatic carbocycles. The highest BCUT2D eigenvalue weighted by molar-refractivity contribution is 5.98. The lowest BCUT2D eigenvalue weighted by atomic mass is 9.70. The Hall–Kier alpha value is -1.93. The predicted octanol–water partition coefficient (Wildman–Crippen LogP) is 2.15. The Kier molecular flexibility index (Phi) is 8.22. The predicted molar refractivity (Wildman–Crippen MR) is 123 cm³/mol. The average Bonchev–Trinajstić information content (AvgIpc) is 3.42. The molecule has 6 atom stereocenters. The van der Waals surface area contributed by atoms with Crippen LogP contribution in [0.15, 0.2) is 12.7 Å². The van der Waals surface area contributed by atoms with E-state index < -0.39 is 41.6 Å². The number of aliphatic hydroxyl groups is 1. The molecule has 2 amide bonds. The molecule has 3 heterocycles. The van der Waals surface area contributed by atoms with Crippen molar-refractivity contribution >= 4 is 17.8 Å². The number of likely N-dealkylation sites (tertiary alicyclic amines) is 1. The van der Waals surface area contributed by atoms with Crippen molar-refractivity contribution in [2.45, 2.75) is 83.6 Å². The van der Waals surface area contributed by atoms with E-state index in [0.717, 1.165) is 12.8 Å². The molecule has 8 heteroatoms. The summed E-state index contributed by atoms with van der Waals surface area (Å²) < 4.78 is 11.7. The number of rotatable bonds is 12. The molecular weight excluding hydrogens is 424 g/mol. The molecule has 3 aliphatic heterocycles. The Balaban J connectivity index is 2.06. The number of fused-ring (bicyclic) bond motifs is 1. The van der Waals surface area contributed by atoms with E-state index in [1.165, 1.54) is 0 Å². The molecular formula is C25H40N2O6. The molecule has 3 fully saturated rings. The average molecular weight is 465 g/mol. The van der Waals surface area contributed by atoms with Crippen molar-refractivity contribution in [3.05, 3.63) is 12.7 Å². The fourth-order valence-electron chi connectivity index (χ4n) is 6.06.